The van der Waals surface area contributed by atoms with Gasteiger partial charge in [-0.25, -0.2) is 0 Å². The Morgan fingerprint density at radius 1 is 0.833 bits per heavy atom. The highest BCUT2D eigenvalue weighted by Gasteiger charge is 2.22. The summed E-state index contributed by atoms with van der Waals surface area (Å²) in [6, 6.07) is 9.85. The predicted molar refractivity (Wildman–Crippen MR) is 154 cm³/mol. The van der Waals surface area contributed by atoms with Crippen molar-refractivity contribution >= 4 is 0 Å². The number of nitrogens with zero attached hydrogens (tertiary/aromatic N) is 1. The molecule has 4 heteroatoms. The summed E-state index contributed by atoms with van der Waals surface area (Å²) in [7, 11) is 0. The molecule has 0 amide bonds. The summed E-state index contributed by atoms with van der Waals surface area (Å²) in [5.74, 6) is 0.712. The van der Waals surface area contributed by atoms with E-state index < -0.39 is 6.10 Å². The van der Waals surface area contributed by atoms with Crippen molar-refractivity contribution in [2.45, 2.75) is 92.2 Å². The van der Waals surface area contributed by atoms with Crippen LogP contribution in [0.15, 0.2) is 24.3 Å². The number of nitrogens with two attached hydrogens (primary N) is 1. The van der Waals surface area contributed by atoms with Gasteiger partial charge < -0.3 is 21.1 Å². The molecule has 0 aromatic heterocycles. The normalized spacial score (nSPS) is 16.1. The highest BCUT2D eigenvalue weighted by atomic mass is 16.3. The molecular weight excluding hydrogens is 442 g/mol. The summed E-state index contributed by atoms with van der Waals surface area (Å²) in [4.78, 5) is 2.37. The van der Waals surface area contributed by atoms with Crippen molar-refractivity contribution in [1.82, 2.24) is 10.2 Å². The molecule has 1 fully saturated rings. The molecule has 0 radical (unpaired) electrons. The topological polar surface area (TPSA) is 61.5 Å². The third-order valence-corrected chi connectivity index (χ3v) is 8.31. The third kappa shape index (κ3) is 8.41. The number of likely N-dealkylation sites (tertiary alicyclic amines) is 1. The van der Waals surface area contributed by atoms with Crippen molar-refractivity contribution in [1.29, 1.82) is 0 Å². The van der Waals surface area contributed by atoms with Crippen LogP contribution >= 0.6 is 0 Å². The Labute approximate surface area is 220 Å². The van der Waals surface area contributed by atoms with Gasteiger partial charge in [0.2, 0.25) is 0 Å². The van der Waals surface area contributed by atoms with Gasteiger partial charge in [0.1, 0.15) is 0 Å². The fourth-order valence-corrected chi connectivity index (χ4v) is 6.27. The first-order valence-corrected chi connectivity index (χ1v) is 14.1. The van der Waals surface area contributed by atoms with E-state index in [-0.39, 0.29) is 0 Å². The summed E-state index contributed by atoms with van der Waals surface area (Å²) in [5, 5.41) is 13.9. The Bertz CT molecular complexity index is 870. The van der Waals surface area contributed by atoms with Gasteiger partial charge in [-0.15, -0.1) is 0 Å². The Kier molecular flexibility index (Phi) is 11.0. The molecule has 1 unspecified atom stereocenters. The van der Waals surface area contributed by atoms with Gasteiger partial charge in [0.15, 0.2) is 0 Å². The van der Waals surface area contributed by atoms with Gasteiger partial charge in [0.05, 0.1) is 6.10 Å². The fraction of sp³-hybridized carbons (Fsp3) is 0.625. The van der Waals surface area contributed by atoms with E-state index >= 15 is 0 Å². The Balaban J connectivity index is 1.61. The van der Waals surface area contributed by atoms with Gasteiger partial charge in [-0.2, -0.15) is 0 Å². The van der Waals surface area contributed by atoms with Crippen LogP contribution in [0.4, 0.5) is 0 Å². The van der Waals surface area contributed by atoms with Crippen LogP contribution in [0.25, 0.3) is 0 Å². The van der Waals surface area contributed by atoms with Crippen LogP contribution in [0.2, 0.25) is 0 Å². The van der Waals surface area contributed by atoms with Crippen LogP contribution in [-0.2, 0) is 12.8 Å². The number of hydrogen-bond donors (Lipinski definition) is 3. The molecule has 1 atom stereocenters. The fourth-order valence-electron chi connectivity index (χ4n) is 6.27. The first-order chi connectivity index (χ1) is 17.2. The van der Waals surface area contributed by atoms with Crippen molar-refractivity contribution in [3.8, 4) is 0 Å². The van der Waals surface area contributed by atoms with E-state index in [4.69, 9.17) is 5.73 Å². The standard InChI is InChI=1S/C32H51N3O/c1-22-15-24(3)31(25(4)16-22)9-7-29(8-10-32-26(5)17-23(2)18-27(32)6)34-20-28-11-13-35(14-12-28)21-30(36)19-33/h15-18,28-30,34,36H,7-14,19-21,33H2,1-6H3. The van der Waals surface area contributed by atoms with Crippen LogP contribution in [-0.4, -0.2) is 54.9 Å². The molecular formula is C32H51N3O. The third-order valence-electron chi connectivity index (χ3n) is 8.31. The highest BCUT2D eigenvalue weighted by molar-refractivity contribution is 5.38. The number of β-amino-alcohol motifs (C(OH)–C–C–N with tert-alkyl or cyclic N) is 1. The van der Waals surface area contributed by atoms with Gasteiger partial charge in [-0.1, -0.05) is 35.4 Å². The molecule has 2 aromatic carbocycles. The summed E-state index contributed by atoms with van der Waals surface area (Å²) in [5.41, 5.74) is 17.1. The van der Waals surface area contributed by atoms with E-state index in [0.717, 1.165) is 32.5 Å². The number of aliphatic hydroxyl groups is 1. The minimum absolute atomic E-state index is 0.350. The molecule has 0 bridgehead atoms. The Hall–Kier alpha value is -1.72. The summed E-state index contributed by atoms with van der Waals surface area (Å²) in [6.07, 6.45) is 6.62. The lowest BCUT2D eigenvalue weighted by molar-refractivity contribution is 0.0933. The van der Waals surface area contributed by atoms with Crippen LogP contribution < -0.4 is 11.1 Å². The van der Waals surface area contributed by atoms with Crippen molar-refractivity contribution < 1.29 is 5.11 Å². The first-order valence-electron chi connectivity index (χ1n) is 14.1. The molecule has 1 heterocycles. The van der Waals surface area contributed by atoms with E-state index in [1.807, 2.05) is 0 Å². The first kappa shape index (κ1) is 28.8. The average molecular weight is 494 g/mol. The molecule has 1 aliphatic rings. The number of nitrogens with one attached hydrogen (secondary N) is 1. The minimum atomic E-state index is -0.397. The molecule has 1 saturated heterocycles. The predicted octanol–water partition coefficient (Wildman–Crippen LogP) is 5.09. The Morgan fingerprint density at radius 3 is 1.69 bits per heavy atom. The van der Waals surface area contributed by atoms with Crippen LogP contribution in [0.3, 0.4) is 0 Å². The van der Waals surface area contributed by atoms with Crippen LogP contribution in [0.5, 0.6) is 0 Å². The molecule has 4 nitrogen and oxygen atoms in total. The molecule has 0 saturated carbocycles. The lowest BCUT2D eigenvalue weighted by Gasteiger charge is -2.34. The molecule has 3 rings (SSSR count). The molecule has 36 heavy (non-hydrogen) atoms. The maximum atomic E-state index is 9.89. The lowest BCUT2D eigenvalue weighted by atomic mass is 9.90. The van der Waals surface area contributed by atoms with Crippen LogP contribution in [0, 0.1) is 47.5 Å². The van der Waals surface area contributed by atoms with Gasteiger partial charge >= 0.3 is 0 Å². The van der Waals surface area contributed by atoms with E-state index in [1.54, 1.807) is 0 Å². The monoisotopic (exact) mass is 493 g/mol. The number of aliphatic hydroxyl groups excluding tert-OH is 1. The molecule has 0 aliphatic carbocycles. The zero-order valence-electron chi connectivity index (χ0n) is 23.8. The second kappa shape index (κ2) is 13.7. The maximum Gasteiger partial charge on any atom is 0.0789 e. The maximum absolute atomic E-state index is 9.89. The van der Waals surface area contributed by atoms with Crippen LogP contribution in [0.1, 0.15) is 70.2 Å². The minimum Gasteiger partial charge on any atom is -0.390 e. The largest absolute Gasteiger partial charge is 0.390 e. The molecule has 1 aliphatic heterocycles. The van der Waals surface area contributed by atoms with E-state index in [0.29, 0.717) is 25.0 Å². The van der Waals surface area contributed by atoms with Gasteiger partial charge in [0.25, 0.3) is 0 Å². The smallest absolute Gasteiger partial charge is 0.0789 e. The molecule has 0 spiro atoms. The van der Waals surface area contributed by atoms with E-state index in [9.17, 15) is 5.11 Å². The van der Waals surface area contributed by atoms with E-state index in [1.165, 1.54) is 70.2 Å². The van der Waals surface area contributed by atoms with Gasteiger partial charge in [-0.3, -0.25) is 0 Å². The van der Waals surface area contributed by atoms with Crippen molar-refractivity contribution in [3.63, 3.8) is 0 Å². The number of aryl methyl sites for hydroxylation is 6. The SMILES string of the molecule is Cc1cc(C)c(CCC(CCc2c(C)cc(C)cc2C)NCC2CCN(CC(O)CN)CC2)c(C)c1. The molecule has 2 aromatic rings. The van der Waals surface area contributed by atoms with Gasteiger partial charge in [0, 0.05) is 19.1 Å². The number of hydrogen-bond acceptors (Lipinski definition) is 4. The van der Waals surface area contributed by atoms with Crippen molar-refractivity contribution in [2.75, 3.05) is 32.7 Å². The quantitative estimate of drug-likeness (QED) is 0.385. The molecule has 4 N–H and O–H groups in total. The second-order valence-corrected chi connectivity index (χ2v) is 11.6. The van der Waals surface area contributed by atoms with E-state index in [2.05, 4.69) is 76.0 Å². The highest BCUT2D eigenvalue weighted by Crippen LogP contribution is 2.23. The van der Waals surface area contributed by atoms with Crippen molar-refractivity contribution in [2.24, 2.45) is 11.7 Å². The summed E-state index contributed by atoms with van der Waals surface area (Å²) >= 11 is 0. The zero-order chi connectivity index (χ0) is 26.2. The summed E-state index contributed by atoms with van der Waals surface area (Å²) < 4.78 is 0. The summed E-state index contributed by atoms with van der Waals surface area (Å²) in [6.45, 7) is 17.8. The second-order valence-electron chi connectivity index (χ2n) is 11.6. The molecule has 200 valence electrons. The Morgan fingerprint density at radius 2 is 1.28 bits per heavy atom. The number of rotatable bonds is 12. The number of benzene rings is 2. The lowest BCUT2D eigenvalue weighted by Crippen LogP contribution is -2.43. The van der Waals surface area contributed by atoms with Crippen molar-refractivity contribution in [3.05, 3.63) is 68.8 Å². The average Bonchev–Trinajstić information content (AvgIpc) is 2.81. The number of piperidine rings is 1. The zero-order valence-corrected chi connectivity index (χ0v) is 23.8. The van der Waals surface area contributed by atoms with Gasteiger partial charge in [-0.05, 0) is 139 Å².